The Bertz CT molecular complexity index is 357. The molecule has 100 valence electrons. The van der Waals surface area contributed by atoms with Crippen LogP contribution in [0.3, 0.4) is 0 Å². The molecule has 0 bridgehead atoms. The molecule has 7 nitrogen and oxygen atoms in total. The summed E-state index contributed by atoms with van der Waals surface area (Å²) in [6, 6.07) is 0.598. The van der Waals surface area contributed by atoms with Gasteiger partial charge in [-0.15, -0.1) is 0 Å². The Kier molecular flexibility index (Phi) is 4.52. The van der Waals surface area contributed by atoms with Gasteiger partial charge in [-0.05, 0) is 20.3 Å². The Balaban J connectivity index is 2.10. The quantitative estimate of drug-likeness (QED) is 0.779. The van der Waals surface area contributed by atoms with Crippen molar-refractivity contribution in [1.29, 1.82) is 0 Å². The van der Waals surface area contributed by atoms with Crippen molar-refractivity contribution in [2.75, 3.05) is 37.0 Å². The third-order valence-electron chi connectivity index (χ3n) is 2.49. The molecule has 1 aliphatic rings. The molecule has 0 saturated carbocycles. The third kappa shape index (κ3) is 3.43. The predicted octanol–water partition coefficient (Wildman–Crippen LogP) is 0.903. The molecule has 0 amide bonds. The van der Waals surface area contributed by atoms with Gasteiger partial charge < -0.3 is 20.1 Å². The van der Waals surface area contributed by atoms with Crippen molar-refractivity contribution in [1.82, 2.24) is 15.0 Å². The monoisotopic (exact) mass is 253 g/mol. The zero-order chi connectivity index (χ0) is 12.8. The van der Waals surface area contributed by atoms with E-state index in [1.807, 2.05) is 13.8 Å². The summed E-state index contributed by atoms with van der Waals surface area (Å²) in [6.45, 7) is 6.63. The molecule has 1 saturated heterocycles. The fraction of sp³-hybridized carbons (Fsp3) is 0.727. The van der Waals surface area contributed by atoms with Crippen LogP contribution in [-0.4, -0.2) is 47.4 Å². The molecule has 0 aliphatic carbocycles. The normalized spacial score (nSPS) is 18.7. The van der Waals surface area contributed by atoms with E-state index in [1.165, 1.54) is 0 Å². The average Bonchev–Trinajstić information content (AvgIpc) is 2.82. The van der Waals surface area contributed by atoms with Crippen LogP contribution < -0.4 is 15.4 Å². The molecule has 2 N–H and O–H groups in total. The van der Waals surface area contributed by atoms with Crippen molar-refractivity contribution >= 4 is 11.9 Å². The number of hydrogen-bond acceptors (Lipinski definition) is 7. The van der Waals surface area contributed by atoms with Crippen LogP contribution in [0.1, 0.15) is 20.3 Å². The second-order valence-electron chi connectivity index (χ2n) is 3.93. The summed E-state index contributed by atoms with van der Waals surface area (Å²) in [5.41, 5.74) is 0. The third-order valence-corrected chi connectivity index (χ3v) is 2.49. The van der Waals surface area contributed by atoms with Gasteiger partial charge in [0.05, 0.1) is 19.3 Å². The summed E-state index contributed by atoms with van der Waals surface area (Å²) in [5.74, 6) is 1.05. The van der Waals surface area contributed by atoms with Crippen molar-refractivity contribution in [3.63, 3.8) is 0 Å². The van der Waals surface area contributed by atoms with Gasteiger partial charge in [0.25, 0.3) is 0 Å². The average molecular weight is 253 g/mol. The highest BCUT2D eigenvalue weighted by molar-refractivity contribution is 5.36. The zero-order valence-corrected chi connectivity index (χ0v) is 10.8. The van der Waals surface area contributed by atoms with Crippen LogP contribution in [0.15, 0.2) is 0 Å². The molecule has 18 heavy (non-hydrogen) atoms. The van der Waals surface area contributed by atoms with E-state index in [9.17, 15) is 0 Å². The van der Waals surface area contributed by atoms with Crippen molar-refractivity contribution in [2.24, 2.45) is 0 Å². The number of hydrogen-bond donors (Lipinski definition) is 2. The Morgan fingerprint density at radius 1 is 1.28 bits per heavy atom. The van der Waals surface area contributed by atoms with Crippen LogP contribution in [0.4, 0.5) is 11.9 Å². The Morgan fingerprint density at radius 2 is 2.11 bits per heavy atom. The number of rotatable bonds is 6. The first-order chi connectivity index (χ1) is 8.81. The number of ether oxygens (including phenoxy) is 2. The lowest BCUT2D eigenvalue weighted by Gasteiger charge is -2.12. The van der Waals surface area contributed by atoms with Gasteiger partial charge in [-0.2, -0.15) is 15.0 Å². The maximum atomic E-state index is 5.32. The minimum Gasteiger partial charge on any atom is -0.464 e. The predicted molar refractivity (Wildman–Crippen MR) is 68.0 cm³/mol. The lowest BCUT2D eigenvalue weighted by atomic mass is 10.3. The molecule has 7 heteroatoms. The van der Waals surface area contributed by atoms with Crippen LogP contribution in [0, 0.1) is 0 Å². The molecule has 1 atom stereocenters. The second-order valence-corrected chi connectivity index (χ2v) is 3.93. The Labute approximate surface area is 106 Å². The van der Waals surface area contributed by atoms with Crippen molar-refractivity contribution in [3.8, 4) is 6.01 Å². The first-order valence-corrected chi connectivity index (χ1v) is 6.28. The summed E-state index contributed by atoms with van der Waals surface area (Å²) in [5, 5.41) is 6.29. The SMILES string of the molecule is CCNc1nc(NC2CCOC2)nc(OCC)n1. The van der Waals surface area contributed by atoms with Crippen LogP contribution in [0.5, 0.6) is 6.01 Å². The van der Waals surface area contributed by atoms with Crippen molar-refractivity contribution in [3.05, 3.63) is 0 Å². The topological polar surface area (TPSA) is 81.2 Å². The van der Waals surface area contributed by atoms with Crippen LogP contribution in [-0.2, 0) is 4.74 Å². The number of aromatic nitrogens is 3. The van der Waals surface area contributed by atoms with Gasteiger partial charge in [0, 0.05) is 13.2 Å². The minimum absolute atomic E-state index is 0.261. The molecule has 1 aromatic heterocycles. The molecule has 0 spiro atoms. The Hall–Kier alpha value is -1.63. The summed E-state index contributed by atoms with van der Waals surface area (Å²) in [6.07, 6.45) is 0.964. The molecule has 2 rings (SSSR count). The maximum absolute atomic E-state index is 5.32. The van der Waals surface area contributed by atoms with E-state index in [4.69, 9.17) is 9.47 Å². The number of nitrogens with zero attached hydrogens (tertiary/aromatic N) is 3. The van der Waals surface area contributed by atoms with E-state index in [0.717, 1.165) is 19.6 Å². The maximum Gasteiger partial charge on any atom is 0.323 e. The van der Waals surface area contributed by atoms with Gasteiger partial charge in [-0.3, -0.25) is 0 Å². The molecular formula is C11H19N5O2. The summed E-state index contributed by atoms with van der Waals surface area (Å²) in [7, 11) is 0. The first kappa shape index (κ1) is 12.8. The highest BCUT2D eigenvalue weighted by Gasteiger charge is 2.17. The van der Waals surface area contributed by atoms with Gasteiger partial charge >= 0.3 is 6.01 Å². The molecule has 1 aromatic rings. The molecule has 1 fully saturated rings. The van der Waals surface area contributed by atoms with E-state index in [-0.39, 0.29) is 6.04 Å². The van der Waals surface area contributed by atoms with Crippen LogP contribution >= 0.6 is 0 Å². The highest BCUT2D eigenvalue weighted by Crippen LogP contribution is 2.14. The lowest BCUT2D eigenvalue weighted by Crippen LogP contribution is -2.21. The van der Waals surface area contributed by atoms with Crippen LogP contribution in [0.2, 0.25) is 0 Å². The Morgan fingerprint density at radius 3 is 2.78 bits per heavy atom. The van der Waals surface area contributed by atoms with Crippen LogP contribution in [0.25, 0.3) is 0 Å². The molecular weight excluding hydrogens is 234 g/mol. The smallest absolute Gasteiger partial charge is 0.323 e. The lowest BCUT2D eigenvalue weighted by molar-refractivity contribution is 0.195. The molecule has 0 radical (unpaired) electrons. The van der Waals surface area contributed by atoms with Gasteiger partial charge in [0.15, 0.2) is 0 Å². The first-order valence-electron chi connectivity index (χ1n) is 6.28. The van der Waals surface area contributed by atoms with Crippen molar-refractivity contribution in [2.45, 2.75) is 26.3 Å². The van der Waals surface area contributed by atoms with E-state index in [1.54, 1.807) is 0 Å². The van der Waals surface area contributed by atoms with E-state index < -0.39 is 0 Å². The molecule has 0 aromatic carbocycles. The summed E-state index contributed by atoms with van der Waals surface area (Å²) in [4.78, 5) is 12.7. The van der Waals surface area contributed by atoms with E-state index >= 15 is 0 Å². The summed E-state index contributed by atoms with van der Waals surface area (Å²) < 4.78 is 10.6. The van der Waals surface area contributed by atoms with Gasteiger partial charge in [0.1, 0.15) is 0 Å². The molecule has 1 aliphatic heterocycles. The largest absolute Gasteiger partial charge is 0.464 e. The van der Waals surface area contributed by atoms with Gasteiger partial charge in [-0.25, -0.2) is 0 Å². The fourth-order valence-electron chi connectivity index (χ4n) is 1.68. The summed E-state index contributed by atoms with van der Waals surface area (Å²) >= 11 is 0. The van der Waals surface area contributed by atoms with Crippen molar-refractivity contribution < 1.29 is 9.47 Å². The fourth-order valence-corrected chi connectivity index (χ4v) is 1.68. The van der Waals surface area contributed by atoms with E-state index in [0.29, 0.717) is 31.1 Å². The zero-order valence-electron chi connectivity index (χ0n) is 10.8. The molecule has 2 heterocycles. The number of nitrogens with one attached hydrogen (secondary N) is 2. The number of anilines is 2. The van der Waals surface area contributed by atoms with Gasteiger partial charge in [-0.1, -0.05) is 0 Å². The van der Waals surface area contributed by atoms with E-state index in [2.05, 4.69) is 25.6 Å². The highest BCUT2D eigenvalue weighted by atomic mass is 16.5. The second kappa shape index (κ2) is 6.34. The van der Waals surface area contributed by atoms with Gasteiger partial charge in [0.2, 0.25) is 11.9 Å². The minimum atomic E-state index is 0.261. The molecule has 1 unspecified atom stereocenters. The standard InChI is InChI=1S/C11H19N5O2/c1-3-12-9-14-10(13-8-5-6-17-7-8)16-11(15-9)18-4-2/h8H,3-7H2,1-2H3,(H2,12,13,14,15,16).